The van der Waals surface area contributed by atoms with Crippen molar-refractivity contribution in [2.75, 3.05) is 13.2 Å². The van der Waals surface area contributed by atoms with Crippen molar-refractivity contribution in [3.8, 4) is 5.75 Å². The Bertz CT molecular complexity index is 687. The normalized spacial score (nSPS) is 31.7. The van der Waals surface area contributed by atoms with E-state index in [9.17, 15) is 14.7 Å². The molecule has 0 aliphatic carbocycles. The van der Waals surface area contributed by atoms with E-state index in [1.54, 1.807) is 17.0 Å². The highest BCUT2D eigenvalue weighted by Gasteiger charge is 2.65. The van der Waals surface area contributed by atoms with E-state index in [-0.39, 0.29) is 29.6 Å². The van der Waals surface area contributed by atoms with Crippen LogP contribution in [-0.2, 0) is 9.53 Å². The summed E-state index contributed by atoms with van der Waals surface area (Å²) >= 11 is 0. The van der Waals surface area contributed by atoms with Gasteiger partial charge in [0, 0.05) is 18.5 Å². The molecule has 1 aromatic rings. The third-order valence-electron chi connectivity index (χ3n) is 5.63. The molecular weight excluding hydrogens is 308 g/mol. The largest absolute Gasteiger partial charge is 0.508 e. The lowest BCUT2D eigenvalue weighted by Gasteiger charge is -2.34. The standard InChI is InChI=1S/C18H22N2O4/c1-11(2)14-10-24-18-7-8-19(15(18)9-16(22)20(14)18)17(23)12-3-5-13(21)6-4-12/h3-6,11,14-15,21H,7-10H2,1-2H3/t14-,15+,18-/m0/s1. The second-order valence-corrected chi connectivity index (χ2v) is 7.25. The quantitative estimate of drug-likeness (QED) is 0.894. The lowest BCUT2D eigenvalue weighted by Crippen LogP contribution is -2.51. The van der Waals surface area contributed by atoms with Gasteiger partial charge >= 0.3 is 0 Å². The van der Waals surface area contributed by atoms with Gasteiger partial charge < -0.3 is 19.6 Å². The smallest absolute Gasteiger partial charge is 0.254 e. The van der Waals surface area contributed by atoms with E-state index in [4.69, 9.17) is 4.74 Å². The monoisotopic (exact) mass is 330 g/mol. The number of hydrogen-bond acceptors (Lipinski definition) is 4. The summed E-state index contributed by atoms with van der Waals surface area (Å²) in [4.78, 5) is 29.2. The minimum absolute atomic E-state index is 0.0828. The third kappa shape index (κ3) is 1.99. The first-order valence-corrected chi connectivity index (χ1v) is 8.50. The Balaban J connectivity index is 1.63. The number of benzene rings is 1. The number of phenolic OH excluding ortho intramolecular Hbond substituents is 1. The number of hydrogen-bond donors (Lipinski definition) is 1. The zero-order valence-corrected chi connectivity index (χ0v) is 13.9. The van der Waals surface area contributed by atoms with Crippen molar-refractivity contribution in [1.29, 1.82) is 0 Å². The molecule has 0 bridgehead atoms. The number of rotatable bonds is 2. The number of aromatic hydroxyl groups is 1. The Morgan fingerprint density at radius 1 is 1.33 bits per heavy atom. The van der Waals surface area contributed by atoms with Gasteiger partial charge in [0.25, 0.3) is 5.91 Å². The Kier molecular flexibility index (Phi) is 3.35. The van der Waals surface area contributed by atoms with Crippen LogP contribution in [0.2, 0.25) is 0 Å². The first-order valence-electron chi connectivity index (χ1n) is 8.50. The summed E-state index contributed by atoms with van der Waals surface area (Å²) in [7, 11) is 0. The number of phenols is 1. The maximum Gasteiger partial charge on any atom is 0.254 e. The highest BCUT2D eigenvalue weighted by atomic mass is 16.5. The van der Waals surface area contributed by atoms with Crippen LogP contribution in [0.1, 0.15) is 37.0 Å². The molecular formula is C18H22N2O4. The van der Waals surface area contributed by atoms with E-state index in [2.05, 4.69) is 13.8 Å². The lowest BCUT2D eigenvalue weighted by atomic mass is 10.0. The first-order chi connectivity index (χ1) is 11.4. The Hall–Kier alpha value is -2.08. The highest BCUT2D eigenvalue weighted by Crippen LogP contribution is 2.49. The van der Waals surface area contributed by atoms with Gasteiger partial charge in [-0.1, -0.05) is 13.8 Å². The molecule has 128 valence electrons. The average Bonchev–Trinajstić information content (AvgIpc) is 3.17. The van der Waals surface area contributed by atoms with E-state index < -0.39 is 5.72 Å². The number of likely N-dealkylation sites (tertiary alicyclic amines) is 1. The van der Waals surface area contributed by atoms with Crippen LogP contribution in [0.15, 0.2) is 24.3 Å². The van der Waals surface area contributed by atoms with Crippen molar-refractivity contribution in [2.45, 2.75) is 44.5 Å². The summed E-state index contributed by atoms with van der Waals surface area (Å²) in [6, 6.07) is 6.10. The van der Waals surface area contributed by atoms with Crippen LogP contribution in [0.5, 0.6) is 5.75 Å². The van der Waals surface area contributed by atoms with Crippen molar-refractivity contribution in [1.82, 2.24) is 9.80 Å². The van der Waals surface area contributed by atoms with Crippen molar-refractivity contribution >= 4 is 11.8 Å². The molecule has 3 atom stereocenters. The summed E-state index contributed by atoms with van der Waals surface area (Å²) in [6.07, 6.45) is 0.990. The fourth-order valence-electron chi connectivity index (χ4n) is 4.38. The van der Waals surface area contributed by atoms with Crippen LogP contribution in [0.3, 0.4) is 0 Å². The average molecular weight is 330 g/mol. The molecule has 24 heavy (non-hydrogen) atoms. The van der Waals surface area contributed by atoms with E-state index >= 15 is 0 Å². The SMILES string of the molecule is CC(C)[C@@H]1CO[C@@]23CCN(C(=O)c4ccc(O)cc4)[C@@H]2CC(=O)N13. The molecule has 1 N–H and O–H groups in total. The molecule has 2 amide bonds. The number of amides is 2. The van der Waals surface area contributed by atoms with Gasteiger partial charge in [-0.3, -0.25) is 9.59 Å². The summed E-state index contributed by atoms with van der Waals surface area (Å²) < 4.78 is 6.14. The molecule has 3 heterocycles. The van der Waals surface area contributed by atoms with Gasteiger partial charge in [-0.15, -0.1) is 0 Å². The zero-order valence-electron chi connectivity index (χ0n) is 13.9. The van der Waals surface area contributed by atoms with E-state index in [0.29, 0.717) is 37.5 Å². The molecule has 0 saturated carbocycles. The fourth-order valence-corrected chi connectivity index (χ4v) is 4.38. The van der Waals surface area contributed by atoms with Gasteiger partial charge in [-0.25, -0.2) is 0 Å². The van der Waals surface area contributed by atoms with Crippen LogP contribution >= 0.6 is 0 Å². The molecule has 3 fully saturated rings. The number of carbonyl (C=O) groups excluding carboxylic acids is 2. The lowest BCUT2D eigenvalue weighted by molar-refractivity contribution is -0.139. The summed E-state index contributed by atoms with van der Waals surface area (Å²) in [5.41, 5.74) is -0.118. The van der Waals surface area contributed by atoms with Gasteiger partial charge in [0.2, 0.25) is 5.91 Å². The second-order valence-electron chi connectivity index (χ2n) is 7.25. The summed E-state index contributed by atoms with van der Waals surface area (Å²) in [6.45, 7) is 5.32. The van der Waals surface area contributed by atoms with Crippen LogP contribution in [0.25, 0.3) is 0 Å². The van der Waals surface area contributed by atoms with Gasteiger partial charge in [-0.2, -0.15) is 0 Å². The number of ether oxygens (including phenoxy) is 1. The third-order valence-corrected chi connectivity index (χ3v) is 5.63. The van der Waals surface area contributed by atoms with Gasteiger partial charge in [0.05, 0.1) is 25.1 Å². The van der Waals surface area contributed by atoms with Crippen molar-refractivity contribution in [3.63, 3.8) is 0 Å². The maximum atomic E-state index is 12.9. The second kappa shape index (κ2) is 5.21. The molecule has 6 nitrogen and oxygen atoms in total. The molecule has 0 aromatic heterocycles. The van der Waals surface area contributed by atoms with E-state index in [1.165, 1.54) is 12.1 Å². The minimum atomic E-state index is -0.640. The first kappa shape index (κ1) is 15.4. The molecule has 6 heteroatoms. The molecule has 3 aliphatic heterocycles. The summed E-state index contributed by atoms with van der Waals surface area (Å²) in [5.74, 6) is 0.432. The van der Waals surface area contributed by atoms with Crippen LogP contribution in [-0.4, -0.2) is 57.7 Å². The van der Waals surface area contributed by atoms with Crippen LogP contribution < -0.4 is 0 Å². The summed E-state index contributed by atoms with van der Waals surface area (Å²) in [5, 5.41) is 9.40. The van der Waals surface area contributed by atoms with Gasteiger partial charge in [-0.05, 0) is 30.2 Å². The van der Waals surface area contributed by atoms with E-state index in [0.717, 1.165) is 0 Å². The van der Waals surface area contributed by atoms with Crippen molar-refractivity contribution in [2.24, 2.45) is 5.92 Å². The molecule has 3 saturated heterocycles. The molecule has 1 aromatic carbocycles. The highest BCUT2D eigenvalue weighted by molar-refractivity contribution is 5.96. The Labute approximate surface area is 141 Å². The van der Waals surface area contributed by atoms with Gasteiger partial charge in [0.15, 0.2) is 5.72 Å². The fraction of sp³-hybridized carbons (Fsp3) is 0.556. The molecule has 3 aliphatic rings. The van der Waals surface area contributed by atoms with Crippen LogP contribution in [0.4, 0.5) is 0 Å². The Morgan fingerprint density at radius 2 is 2.04 bits per heavy atom. The maximum absolute atomic E-state index is 12.9. The van der Waals surface area contributed by atoms with Crippen molar-refractivity contribution in [3.05, 3.63) is 29.8 Å². The molecule has 4 rings (SSSR count). The molecule has 1 spiro atoms. The number of nitrogens with zero attached hydrogens (tertiary/aromatic N) is 2. The predicted octanol–water partition coefficient (Wildman–Crippen LogP) is 1.59. The van der Waals surface area contributed by atoms with Crippen LogP contribution in [0, 0.1) is 5.92 Å². The molecule has 0 unspecified atom stereocenters. The zero-order chi connectivity index (χ0) is 17.1. The van der Waals surface area contributed by atoms with Gasteiger partial charge in [0.1, 0.15) is 5.75 Å². The predicted molar refractivity (Wildman–Crippen MR) is 86.3 cm³/mol. The van der Waals surface area contributed by atoms with E-state index in [1.807, 2.05) is 4.90 Å². The van der Waals surface area contributed by atoms with Crippen molar-refractivity contribution < 1.29 is 19.4 Å². The minimum Gasteiger partial charge on any atom is -0.508 e. The number of carbonyl (C=O) groups is 2. The molecule has 0 radical (unpaired) electrons. The Morgan fingerprint density at radius 3 is 2.71 bits per heavy atom. The topological polar surface area (TPSA) is 70.1 Å².